The smallest absolute Gasteiger partial charge is 0.0307 e. The molecule has 1 saturated heterocycles. The van der Waals surface area contributed by atoms with Crippen LogP contribution in [0, 0.1) is 11.8 Å². The fraction of sp³-hybridized carbons (Fsp3) is 0.833. The van der Waals surface area contributed by atoms with E-state index in [2.05, 4.69) is 18.8 Å². The predicted molar refractivity (Wildman–Crippen MR) is 56.7 cm³/mol. The molecule has 13 heavy (non-hydrogen) atoms. The fourth-order valence-corrected chi connectivity index (χ4v) is 3.14. The molecular formula is C12H21N. The summed E-state index contributed by atoms with van der Waals surface area (Å²) < 4.78 is 0. The van der Waals surface area contributed by atoms with Crippen molar-refractivity contribution in [1.29, 1.82) is 0 Å². The molecule has 3 unspecified atom stereocenters. The van der Waals surface area contributed by atoms with Crippen LogP contribution < -0.4 is 5.32 Å². The minimum absolute atomic E-state index is 0.660. The van der Waals surface area contributed by atoms with Gasteiger partial charge < -0.3 is 5.32 Å². The number of nitrogens with one attached hydrogen (secondary N) is 1. The second kappa shape index (κ2) is 3.83. The first kappa shape index (κ1) is 9.26. The topological polar surface area (TPSA) is 12.0 Å². The SMILES string of the molecule is C=C1CCCC2C(CC)CCNC12. The van der Waals surface area contributed by atoms with E-state index >= 15 is 0 Å². The van der Waals surface area contributed by atoms with Gasteiger partial charge in [0.2, 0.25) is 0 Å². The van der Waals surface area contributed by atoms with E-state index < -0.39 is 0 Å². The first-order valence-corrected chi connectivity index (χ1v) is 5.74. The highest BCUT2D eigenvalue weighted by Crippen LogP contribution is 2.38. The van der Waals surface area contributed by atoms with Gasteiger partial charge in [-0.05, 0) is 44.1 Å². The van der Waals surface area contributed by atoms with Crippen molar-refractivity contribution >= 4 is 0 Å². The third-order valence-electron chi connectivity index (χ3n) is 3.91. The van der Waals surface area contributed by atoms with Crippen LogP contribution in [0.3, 0.4) is 0 Å². The average Bonchev–Trinajstić information content (AvgIpc) is 2.18. The molecule has 0 aromatic heterocycles. The van der Waals surface area contributed by atoms with Crippen molar-refractivity contribution in [3.8, 4) is 0 Å². The van der Waals surface area contributed by atoms with Crippen molar-refractivity contribution in [2.75, 3.05) is 6.54 Å². The Labute approximate surface area is 81.6 Å². The van der Waals surface area contributed by atoms with Crippen LogP contribution in [0.4, 0.5) is 0 Å². The molecule has 74 valence electrons. The van der Waals surface area contributed by atoms with Gasteiger partial charge in [-0.15, -0.1) is 0 Å². The Balaban J connectivity index is 2.09. The Morgan fingerprint density at radius 2 is 2.31 bits per heavy atom. The molecule has 1 nitrogen and oxygen atoms in total. The van der Waals surface area contributed by atoms with Gasteiger partial charge in [-0.1, -0.05) is 25.5 Å². The Morgan fingerprint density at radius 1 is 1.46 bits per heavy atom. The minimum atomic E-state index is 0.660. The molecule has 0 radical (unpaired) electrons. The summed E-state index contributed by atoms with van der Waals surface area (Å²) in [6.07, 6.45) is 6.79. The van der Waals surface area contributed by atoms with Crippen molar-refractivity contribution in [3.63, 3.8) is 0 Å². The predicted octanol–water partition coefficient (Wildman–Crippen LogP) is 2.73. The Morgan fingerprint density at radius 3 is 3.08 bits per heavy atom. The van der Waals surface area contributed by atoms with Crippen LogP contribution in [0.1, 0.15) is 39.0 Å². The average molecular weight is 179 g/mol. The van der Waals surface area contributed by atoms with Gasteiger partial charge in [0, 0.05) is 6.04 Å². The maximum absolute atomic E-state index is 4.20. The van der Waals surface area contributed by atoms with Crippen molar-refractivity contribution in [2.24, 2.45) is 11.8 Å². The number of hydrogen-bond donors (Lipinski definition) is 1. The summed E-state index contributed by atoms with van der Waals surface area (Å²) in [7, 11) is 0. The van der Waals surface area contributed by atoms with E-state index in [0.29, 0.717) is 6.04 Å². The molecule has 1 aliphatic carbocycles. The van der Waals surface area contributed by atoms with Gasteiger partial charge in [0.05, 0.1) is 0 Å². The molecule has 1 N–H and O–H groups in total. The minimum Gasteiger partial charge on any atom is -0.310 e. The van der Waals surface area contributed by atoms with E-state index in [0.717, 1.165) is 11.8 Å². The van der Waals surface area contributed by atoms with Crippen LogP contribution in [0.5, 0.6) is 0 Å². The maximum atomic E-state index is 4.20. The van der Waals surface area contributed by atoms with E-state index in [1.54, 1.807) is 0 Å². The zero-order valence-corrected chi connectivity index (χ0v) is 8.68. The van der Waals surface area contributed by atoms with Gasteiger partial charge in [0.25, 0.3) is 0 Å². The number of rotatable bonds is 1. The molecule has 3 atom stereocenters. The van der Waals surface area contributed by atoms with Gasteiger partial charge in [-0.3, -0.25) is 0 Å². The molecule has 1 heterocycles. The monoisotopic (exact) mass is 179 g/mol. The van der Waals surface area contributed by atoms with Gasteiger partial charge in [0.15, 0.2) is 0 Å². The van der Waals surface area contributed by atoms with Crippen molar-refractivity contribution < 1.29 is 0 Å². The van der Waals surface area contributed by atoms with Gasteiger partial charge >= 0.3 is 0 Å². The van der Waals surface area contributed by atoms with Crippen LogP contribution in [0.2, 0.25) is 0 Å². The van der Waals surface area contributed by atoms with E-state index in [-0.39, 0.29) is 0 Å². The summed E-state index contributed by atoms with van der Waals surface area (Å²) >= 11 is 0. The van der Waals surface area contributed by atoms with Gasteiger partial charge in [-0.2, -0.15) is 0 Å². The number of piperidine rings is 1. The molecule has 1 aliphatic heterocycles. The summed E-state index contributed by atoms with van der Waals surface area (Å²) in [5, 5.41) is 3.64. The Bertz CT molecular complexity index is 197. The van der Waals surface area contributed by atoms with E-state index in [4.69, 9.17) is 0 Å². The van der Waals surface area contributed by atoms with E-state index in [1.807, 2.05) is 0 Å². The third kappa shape index (κ3) is 1.67. The largest absolute Gasteiger partial charge is 0.310 e. The third-order valence-corrected chi connectivity index (χ3v) is 3.91. The van der Waals surface area contributed by atoms with E-state index in [1.165, 1.54) is 44.2 Å². The van der Waals surface area contributed by atoms with Crippen molar-refractivity contribution in [3.05, 3.63) is 12.2 Å². The highest BCUT2D eigenvalue weighted by molar-refractivity contribution is 5.13. The second-order valence-electron chi connectivity index (χ2n) is 4.60. The molecule has 0 amide bonds. The zero-order chi connectivity index (χ0) is 9.26. The Kier molecular flexibility index (Phi) is 2.73. The molecule has 0 bridgehead atoms. The summed E-state index contributed by atoms with van der Waals surface area (Å²) in [6.45, 7) is 7.75. The van der Waals surface area contributed by atoms with Crippen molar-refractivity contribution in [1.82, 2.24) is 5.32 Å². The second-order valence-corrected chi connectivity index (χ2v) is 4.60. The molecule has 1 saturated carbocycles. The lowest BCUT2D eigenvalue weighted by molar-refractivity contribution is 0.169. The molecule has 2 rings (SSSR count). The van der Waals surface area contributed by atoms with Crippen LogP contribution >= 0.6 is 0 Å². The molecular weight excluding hydrogens is 158 g/mol. The van der Waals surface area contributed by atoms with Crippen LogP contribution in [0.15, 0.2) is 12.2 Å². The summed E-state index contributed by atoms with van der Waals surface area (Å²) in [5.74, 6) is 1.86. The van der Waals surface area contributed by atoms with Crippen LogP contribution in [-0.2, 0) is 0 Å². The zero-order valence-electron chi connectivity index (χ0n) is 8.68. The molecule has 2 fully saturated rings. The maximum Gasteiger partial charge on any atom is 0.0307 e. The molecule has 0 aromatic carbocycles. The quantitative estimate of drug-likeness (QED) is 0.610. The highest BCUT2D eigenvalue weighted by Gasteiger charge is 2.35. The number of hydrogen-bond acceptors (Lipinski definition) is 1. The Hall–Kier alpha value is -0.300. The summed E-state index contributed by atoms with van der Waals surface area (Å²) in [5.41, 5.74) is 1.47. The summed E-state index contributed by atoms with van der Waals surface area (Å²) in [4.78, 5) is 0. The van der Waals surface area contributed by atoms with Crippen molar-refractivity contribution in [2.45, 2.75) is 45.1 Å². The first-order valence-electron chi connectivity index (χ1n) is 5.74. The molecule has 0 spiro atoms. The lowest BCUT2D eigenvalue weighted by Crippen LogP contribution is -2.48. The summed E-state index contributed by atoms with van der Waals surface area (Å²) in [6, 6.07) is 0.660. The lowest BCUT2D eigenvalue weighted by Gasteiger charge is -2.43. The van der Waals surface area contributed by atoms with Crippen LogP contribution in [-0.4, -0.2) is 12.6 Å². The highest BCUT2D eigenvalue weighted by atomic mass is 14.9. The van der Waals surface area contributed by atoms with Crippen LogP contribution in [0.25, 0.3) is 0 Å². The standard InChI is InChI=1S/C12H21N/c1-3-10-7-8-13-12-9(2)5-4-6-11(10)12/h10-13H,2-8H2,1H3. The van der Waals surface area contributed by atoms with E-state index in [9.17, 15) is 0 Å². The lowest BCUT2D eigenvalue weighted by atomic mass is 9.70. The molecule has 0 aromatic rings. The fourth-order valence-electron chi connectivity index (χ4n) is 3.14. The van der Waals surface area contributed by atoms with Gasteiger partial charge in [0.1, 0.15) is 0 Å². The normalized spacial score (nSPS) is 40.1. The molecule has 2 aliphatic rings. The van der Waals surface area contributed by atoms with Gasteiger partial charge in [-0.25, -0.2) is 0 Å². The number of fused-ring (bicyclic) bond motifs is 1. The molecule has 1 heteroatoms. The first-order chi connectivity index (χ1) is 6.33.